The number of aromatic nitrogens is 3. The van der Waals surface area contributed by atoms with Crippen molar-refractivity contribution in [2.75, 3.05) is 13.1 Å². The number of amides is 1. The Labute approximate surface area is 163 Å². The minimum Gasteiger partial charge on any atom is -0.348 e. The van der Waals surface area contributed by atoms with E-state index in [0.29, 0.717) is 5.92 Å². The Kier molecular flexibility index (Phi) is 4.20. The van der Waals surface area contributed by atoms with Crippen LogP contribution in [-0.2, 0) is 0 Å². The lowest BCUT2D eigenvalue weighted by atomic mass is 9.95. The molecule has 140 valence electrons. The Balaban J connectivity index is 1.34. The van der Waals surface area contributed by atoms with Crippen LogP contribution in [0, 0.1) is 0 Å². The number of rotatable bonds is 3. The monoisotopic (exact) mass is 370 g/mol. The van der Waals surface area contributed by atoms with Crippen molar-refractivity contribution >= 4 is 16.8 Å². The number of likely N-dealkylation sites (tertiary alicyclic amines) is 1. The number of fused-ring (bicyclic) bond motifs is 1. The first-order valence-electron chi connectivity index (χ1n) is 9.75. The van der Waals surface area contributed by atoms with Gasteiger partial charge in [-0.2, -0.15) is 0 Å². The summed E-state index contributed by atoms with van der Waals surface area (Å²) in [6.45, 7) is 1.54. The molecule has 5 nitrogen and oxygen atoms in total. The zero-order chi connectivity index (χ0) is 18.9. The summed E-state index contributed by atoms with van der Waals surface area (Å²) in [4.78, 5) is 22.5. The fourth-order valence-electron chi connectivity index (χ4n) is 4.13. The van der Waals surface area contributed by atoms with Gasteiger partial charge in [-0.1, -0.05) is 18.2 Å². The average Bonchev–Trinajstić information content (AvgIpc) is 3.44. The van der Waals surface area contributed by atoms with Crippen LogP contribution < -0.4 is 0 Å². The first kappa shape index (κ1) is 16.8. The van der Waals surface area contributed by atoms with Gasteiger partial charge < -0.3 is 14.5 Å². The smallest absolute Gasteiger partial charge is 0.253 e. The molecule has 1 aliphatic heterocycles. The molecule has 5 heteroatoms. The van der Waals surface area contributed by atoms with Crippen LogP contribution in [-0.4, -0.2) is 38.4 Å². The van der Waals surface area contributed by atoms with E-state index in [1.807, 2.05) is 47.5 Å². The van der Waals surface area contributed by atoms with Crippen molar-refractivity contribution in [1.29, 1.82) is 0 Å². The van der Waals surface area contributed by atoms with Crippen LogP contribution in [0.5, 0.6) is 0 Å². The van der Waals surface area contributed by atoms with E-state index < -0.39 is 0 Å². The molecule has 2 aromatic carbocycles. The number of imidazole rings is 1. The van der Waals surface area contributed by atoms with Crippen LogP contribution in [0.1, 0.15) is 34.9 Å². The summed E-state index contributed by atoms with van der Waals surface area (Å²) in [6, 6.07) is 18.3. The van der Waals surface area contributed by atoms with Crippen LogP contribution in [0.2, 0.25) is 0 Å². The minimum atomic E-state index is 0.118. The van der Waals surface area contributed by atoms with Gasteiger partial charge >= 0.3 is 0 Å². The fraction of sp³-hybridized carbons (Fsp3) is 0.217. The van der Waals surface area contributed by atoms with Gasteiger partial charge in [-0.3, -0.25) is 4.79 Å². The van der Waals surface area contributed by atoms with Gasteiger partial charge in [0.15, 0.2) is 0 Å². The quantitative estimate of drug-likeness (QED) is 0.582. The Morgan fingerprint density at radius 2 is 1.86 bits per heavy atom. The minimum absolute atomic E-state index is 0.118. The maximum atomic E-state index is 13.0. The number of hydrogen-bond donors (Lipinski definition) is 1. The molecule has 0 unspecified atom stereocenters. The summed E-state index contributed by atoms with van der Waals surface area (Å²) in [5.74, 6) is 1.57. The predicted octanol–water partition coefficient (Wildman–Crippen LogP) is 4.37. The predicted molar refractivity (Wildman–Crippen MR) is 110 cm³/mol. The molecule has 1 amide bonds. The summed E-state index contributed by atoms with van der Waals surface area (Å²) in [6.07, 6.45) is 7.62. The number of nitrogens with zero attached hydrogens (tertiary/aromatic N) is 3. The normalized spacial score (nSPS) is 15.2. The molecule has 4 aromatic rings. The van der Waals surface area contributed by atoms with E-state index in [1.165, 1.54) is 0 Å². The number of benzene rings is 2. The SMILES string of the molecule is O=C(c1ccc2c(ccn2-c2ccccc2)c1)N1CCC(c2ncc[nH]2)CC1. The number of nitrogens with one attached hydrogen (secondary N) is 1. The van der Waals surface area contributed by atoms with E-state index in [9.17, 15) is 4.79 Å². The highest BCUT2D eigenvalue weighted by molar-refractivity contribution is 5.98. The molecule has 1 saturated heterocycles. The number of piperidine rings is 1. The van der Waals surface area contributed by atoms with Crippen LogP contribution >= 0.6 is 0 Å². The molecule has 28 heavy (non-hydrogen) atoms. The van der Waals surface area contributed by atoms with Crippen molar-refractivity contribution < 1.29 is 4.79 Å². The van der Waals surface area contributed by atoms with E-state index in [0.717, 1.165) is 53.9 Å². The van der Waals surface area contributed by atoms with Crippen LogP contribution in [0.15, 0.2) is 73.2 Å². The number of carbonyl (C=O) groups excluding carboxylic acids is 1. The number of para-hydroxylation sites is 1. The Morgan fingerprint density at radius 1 is 1.04 bits per heavy atom. The highest BCUT2D eigenvalue weighted by Gasteiger charge is 2.26. The highest BCUT2D eigenvalue weighted by Crippen LogP contribution is 2.27. The summed E-state index contributed by atoms with van der Waals surface area (Å²) in [5.41, 5.74) is 2.99. The Bertz CT molecular complexity index is 1090. The van der Waals surface area contributed by atoms with Crippen LogP contribution in [0.4, 0.5) is 0 Å². The van der Waals surface area contributed by atoms with E-state index in [-0.39, 0.29) is 5.91 Å². The van der Waals surface area contributed by atoms with E-state index >= 15 is 0 Å². The topological polar surface area (TPSA) is 53.9 Å². The van der Waals surface area contributed by atoms with E-state index in [4.69, 9.17) is 0 Å². The van der Waals surface area contributed by atoms with Crippen molar-refractivity contribution in [3.63, 3.8) is 0 Å². The Morgan fingerprint density at radius 3 is 2.61 bits per heavy atom. The molecule has 0 aliphatic carbocycles. The maximum Gasteiger partial charge on any atom is 0.253 e. The van der Waals surface area contributed by atoms with Gasteiger partial charge in [0.2, 0.25) is 0 Å². The molecule has 2 aromatic heterocycles. The van der Waals surface area contributed by atoms with Gasteiger partial charge in [0.1, 0.15) is 5.82 Å². The zero-order valence-corrected chi connectivity index (χ0v) is 15.6. The van der Waals surface area contributed by atoms with Crippen LogP contribution in [0.25, 0.3) is 16.6 Å². The molecule has 0 saturated carbocycles. The Hall–Kier alpha value is -3.34. The second-order valence-corrected chi connectivity index (χ2v) is 7.34. The van der Waals surface area contributed by atoms with Crippen molar-refractivity contribution in [2.24, 2.45) is 0 Å². The first-order chi connectivity index (χ1) is 13.8. The molecule has 5 rings (SSSR count). The number of aromatic amines is 1. The zero-order valence-electron chi connectivity index (χ0n) is 15.6. The third-order valence-electron chi connectivity index (χ3n) is 5.66. The molecule has 3 heterocycles. The molecule has 1 aliphatic rings. The third-order valence-corrected chi connectivity index (χ3v) is 5.66. The molecule has 1 N–H and O–H groups in total. The summed E-state index contributed by atoms with van der Waals surface area (Å²) in [7, 11) is 0. The van der Waals surface area contributed by atoms with Gasteiger partial charge in [0.25, 0.3) is 5.91 Å². The lowest BCUT2D eigenvalue weighted by molar-refractivity contribution is 0.0711. The van der Waals surface area contributed by atoms with Crippen molar-refractivity contribution in [1.82, 2.24) is 19.4 Å². The second-order valence-electron chi connectivity index (χ2n) is 7.34. The maximum absolute atomic E-state index is 13.0. The molecule has 0 atom stereocenters. The first-order valence-corrected chi connectivity index (χ1v) is 9.75. The van der Waals surface area contributed by atoms with Crippen LogP contribution in [0.3, 0.4) is 0 Å². The number of H-pyrrole nitrogens is 1. The van der Waals surface area contributed by atoms with Crippen molar-refractivity contribution in [3.8, 4) is 5.69 Å². The standard InChI is InChI=1S/C23H22N4O/c28-23(26-13-8-17(9-14-26)22-24-11-12-25-22)19-6-7-21-18(16-19)10-15-27(21)20-4-2-1-3-5-20/h1-7,10-12,15-17H,8-9,13-14H2,(H,24,25). The van der Waals surface area contributed by atoms with E-state index in [2.05, 4.69) is 38.9 Å². The molecule has 0 radical (unpaired) electrons. The molecule has 0 spiro atoms. The van der Waals surface area contributed by atoms with Crippen molar-refractivity contribution in [3.05, 3.63) is 84.6 Å². The molecule has 1 fully saturated rings. The van der Waals surface area contributed by atoms with Gasteiger partial charge in [-0.25, -0.2) is 4.98 Å². The van der Waals surface area contributed by atoms with Gasteiger partial charge in [0.05, 0.1) is 5.52 Å². The lowest BCUT2D eigenvalue weighted by Gasteiger charge is -2.31. The third kappa shape index (κ3) is 2.99. The largest absolute Gasteiger partial charge is 0.348 e. The highest BCUT2D eigenvalue weighted by atomic mass is 16.2. The summed E-state index contributed by atoms with van der Waals surface area (Å²) in [5, 5.41) is 1.08. The molecule has 0 bridgehead atoms. The van der Waals surface area contributed by atoms with Gasteiger partial charge in [-0.15, -0.1) is 0 Å². The van der Waals surface area contributed by atoms with Crippen molar-refractivity contribution in [2.45, 2.75) is 18.8 Å². The van der Waals surface area contributed by atoms with Gasteiger partial charge in [-0.05, 0) is 49.2 Å². The van der Waals surface area contributed by atoms with Gasteiger partial charge in [0, 0.05) is 54.2 Å². The number of carbonyl (C=O) groups is 1. The average molecular weight is 370 g/mol. The summed E-state index contributed by atoms with van der Waals surface area (Å²) >= 11 is 0. The molecular weight excluding hydrogens is 348 g/mol. The fourth-order valence-corrected chi connectivity index (χ4v) is 4.13. The lowest BCUT2D eigenvalue weighted by Crippen LogP contribution is -2.38. The second kappa shape index (κ2) is 7.00. The van der Waals surface area contributed by atoms with E-state index in [1.54, 1.807) is 6.20 Å². The number of hydrogen-bond acceptors (Lipinski definition) is 2. The summed E-state index contributed by atoms with van der Waals surface area (Å²) < 4.78 is 2.15. The molecular formula is C23H22N4O.